The van der Waals surface area contributed by atoms with Gasteiger partial charge in [-0.2, -0.15) is 0 Å². The molecule has 0 fully saturated rings. The van der Waals surface area contributed by atoms with Crippen LogP contribution >= 0.6 is 0 Å². The van der Waals surface area contributed by atoms with Crippen LogP contribution < -0.4 is 10.1 Å². The van der Waals surface area contributed by atoms with Crippen molar-refractivity contribution in [2.45, 2.75) is 20.1 Å². The van der Waals surface area contributed by atoms with Crippen LogP contribution in [0.5, 0.6) is 5.75 Å². The number of para-hydroxylation sites is 1. The van der Waals surface area contributed by atoms with E-state index < -0.39 is 6.23 Å². The van der Waals surface area contributed by atoms with Gasteiger partial charge in [-0.05, 0) is 31.6 Å². The van der Waals surface area contributed by atoms with Crippen LogP contribution in [0.1, 0.15) is 20.8 Å². The Hall–Kier alpha value is -1.48. The van der Waals surface area contributed by atoms with Gasteiger partial charge in [0.2, 0.25) is 0 Å². The third-order valence-corrected chi connectivity index (χ3v) is 2.45. The van der Waals surface area contributed by atoms with Crippen molar-refractivity contribution in [2.24, 2.45) is 0 Å². The van der Waals surface area contributed by atoms with Crippen molar-refractivity contribution in [1.29, 1.82) is 0 Å². The predicted octanol–water partition coefficient (Wildman–Crippen LogP) is 2.48. The van der Waals surface area contributed by atoms with Crippen LogP contribution in [0.2, 0.25) is 0 Å². The molecule has 3 nitrogen and oxygen atoms in total. The van der Waals surface area contributed by atoms with Crippen LogP contribution in [0.3, 0.4) is 0 Å². The molecule has 0 saturated heterocycles. The minimum Gasteiger partial charge on any atom is -0.492 e. The van der Waals surface area contributed by atoms with E-state index in [1.54, 1.807) is 6.08 Å². The molecule has 2 rings (SSSR count). The number of aliphatic hydroxyl groups excluding tert-OH is 1. The maximum absolute atomic E-state index is 9.58. The molecule has 0 radical (unpaired) electrons. The van der Waals surface area contributed by atoms with Gasteiger partial charge >= 0.3 is 0 Å². The normalized spacial score (nSPS) is 18.9. The average molecular weight is 207 g/mol. The summed E-state index contributed by atoms with van der Waals surface area (Å²) in [4.78, 5) is 0. The Labute approximate surface area is 90.9 Å². The lowest BCUT2D eigenvalue weighted by Crippen LogP contribution is -2.21. The minimum atomic E-state index is -0.626. The first-order valence-electron chi connectivity index (χ1n) is 5.11. The maximum Gasteiger partial charge on any atom is 0.144 e. The number of anilines is 1. The molecular weight excluding hydrogens is 190 g/mol. The fourth-order valence-electron chi connectivity index (χ4n) is 1.80. The van der Waals surface area contributed by atoms with E-state index in [2.05, 4.69) is 5.32 Å². The number of benzene rings is 1. The molecule has 2 N–H and O–H groups in total. The zero-order valence-electron chi connectivity index (χ0n) is 8.95. The predicted molar refractivity (Wildman–Crippen MR) is 63.0 cm³/mol. The van der Waals surface area contributed by atoms with Gasteiger partial charge in [-0.15, -0.1) is 0 Å². The standard InChI is InChI=1S/C12H15NO2.H2/c1-3-15-10-6-4-5-9-8(2)7-11(14)13-12(9)10;/h4-7,11,13-14H,3H2,1-2H3;1H. The van der Waals surface area contributed by atoms with Crippen molar-refractivity contribution in [1.82, 2.24) is 0 Å². The van der Waals surface area contributed by atoms with Gasteiger partial charge in [0.1, 0.15) is 12.0 Å². The molecular formula is C12H17NO2. The molecule has 1 unspecified atom stereocenters. The van der Waals surface area contributed by atoms with Crippen LogP contribution in [-0.4, -0.2) is 17.9 Å². The number of aliphatic hydroxyl groups is 1. The second-order valence-electron chi connectivity index (χ2n) is 3.55. The van der Waals surface area contributed by atoms with Crippen molar-refractivity contribution in [3.05, 3.63) is 29.8 Å². The quantitative estimate of drug-likeness (QED) is 0.782. The monoisotopic (exact) mass is 207 g/mol. The average Bonchev–Trinajstić information content (AvgIpc) is 2.19. The highest BCUT2D eigenvalue weighted by Crippen LogP contribution is 2.36. The third-order valence-electron chi connectivity index (χ3n) is 2.45. The van der Waals surface area contributed by atoms with E-state index in [0.29, 0.717) is 6.61 Å². The van der Waals surface area contributed by atoms with Crippen molar-refractivity contribution in [3.63, 3.8) is 0 Å². The van der Waals surface area contributed by atoms with Crippen LogP contribution in [0.25, 0.3) is 5.57 Å². The smallest absolute Gasteiger partial charge is 0.144 e. The van der Waals surface area contributed by atoms with Crippen molar-refractivity contribution < 1.29 is 11.3 Å². The maximum atomic E-state index is 9.58. The topological polar surface area (TPSA) is 41.5 Å². The second-order valence-corrected chi connectivity index (χ2v) is 3.55. The van der Waals surface area contributed by atoms with Gasteiger partial charge in [0, 0.05) is 6.99 Å². The SMILES string of the molecule is CCOc1cccc2c1NC(O)C=C2C.[HH]. The van der Waals surface area contributed by atoms with Crippen molar-refractivity contribution in [3.8, 4) is 5.75 Å². The summed E-state index contributed by atoms with van der Waals surface area (Å²) in [7, 11) is 0. The molecule has 3 heteroatoms. The number of rotatable bonds is 2. The van der Waals surface area contributed by atoms with Crippen LogP contribution in [0, 0.1) is 0 Å². The Morgan fingerprint density at radius 3 is 3.07 bits per heavy atom. The molecule has 0 spiro atoms. The summed E-state index contributed by atoms with van der Waals surface area (Å²) in [5.41, 5.74) is 3.04. The molecule has 1 aromatic rings. The number of hydrogen-bond donors (Lipinski definition) is 2. The molecule has 1 heterocycles. The van der Waals surface area contributed by atoms with Gasteiger partial charge in [-0.25, -0.2) is 0 Å². The summed E-state index contributed by atoms with van der Waals surface area (Å²) >= 11 is 0. The number of fused-ring (bicyclic) bond motifs is 1. The van der Waals surface area contributed by atoms with Gasteiger partial charge < -0.3 is 15.2 Å². The van der Waals surface area contributed by atoms with E-state index in [9.17, 15) is 5.11 Å². The highest BCUT2D eigenvalue weighted by molar-refractivity contribution is 5.82. The lowest BCUT2D eigenvalue weighted by Gasteiger charge is -2.23. The molecule has 15 heavy (non-hydrogen) atoms. The first-order chi connectivity index (χ1) is 7.22. The number of allylic oxidation sites excluding steroid dienone is 1. The zero-order chi connectivity index (χ0) is 10.8. The Morgan fingerprint density at radius 2 is 2.33 bits per heavy atom. The summed E-state index contributed by atoms with van der Waals surface area (Å²) in [5, 5.41) is 12.6. The van der Waals surface area contributed by atoms with Crippen LogP contribution in [-0.2, 0) is 0 Å². The summed E-state index contributed by atoms with van der Waals surface area (Å²) < 4.78 is 5.50. The van der Waals surface area contributed by atoms with Gasteiger partial charge in [0.25, 0.3) is 0 Å². The number of nitrogens with one attached hydrogen (secondary N) is 1. The highest BCUT2D eigenvalue weighted by atomic mass is 16.5. The molecule has 0 aliphatic carbocycles. The Kier molecular flexibility index (Phi) is 2.64. The molecule has 82 valence electrons. The van der Waals surface area contributed by atoms with E-state index in [1.807, 2.05) is 32.0 Å². The number of hydrogen-bond acceptors (Lipinski definition) is 3. The van der Waals surface area contributed by atoms with E-state index in [-0.39, 0.29) is 1.43 Å². The number of ether oxygens (including phenoxy) is 1. The van der Waals surface area contributed by atoms with Crippen molar-refractivity contribution in [2.75, 3.05) is 11.9 Å². The molecule has 1 atom stereocenters. The fourth-order valence-corrected chi connectivity index (χ4v) is 1.80. The van der Waals surface area contributed by atoms with E-state index in [4.69, 9.17) is 4.74 Å². The lowest BCUT2D eigenvalue weighted by atomic mass is 10.0. The van der Waals surface area contributed by atoms with Crippen LogP contribution in [0.4, 0.5) is 5.69 Å². The Morgan fingerprint density at radius 1 is 1.53 bits per heavy atom. The molecule has 1 aromatic carbocycles. The molecule has 0 saturated carbocycles. The van der Waals surface area contributed by atoms with E-state index in [0.717, 1.165) is 22.6 Å². The van der Waals surface area contributed by atoms with Gasteiger partial charge in [-0.1, -0.05) is 12.1 Å². The molecule has 0 amide bonds. The summed E-state index contributed by atoms with van der Waals surface area (Å²) in [6, 6.07) is 5.88. The van der Waals surface area contributed by atoms with Crippen LogP contribution in [0.15, 0.2) is 24.3 Å². The van der Waals surface area contributed by atoms with Gasteiger partial charge in [0.05, 0.1) is 12.3 Å². The minimum absolute atomic E-state index is 0. The van der Waals surface area contributed by atoms with E-state index >= 15 is 0 Å². The second kappa shape index (κ2) is 3.95. The summed E-state index contributed by atoms with van der Waals surface area (Å²) in [6.45, 7) is 4.55. The first-order valence-corrected chi connectivity index (χ1v) is 5.11. The Bertz CT molecular complexity index is 404. The fraction of sp³-hybridized carbons (Fsp3) is 0.333. The summed E-state index contributed by atoms with van der Waals surface area (Å²) in [5.74, 6) is 0.793. The molecule has 0 bridgehead atoms. The van der Waals surface area contributed by atoms with E-state index in [1.165, 1.54) is 0 Å². The zero-order valence-corrected chi connectivity index (χ0v) is 8.95. The molecule has 1 aliphatic rings. The lowest BCUT2D eigenvalue weighted by molar-refractivity contribution is 0.250. The Balaban J connectivity index is 0.00000128. The largest absolute Gasteiger partial charge is 0.492 e. The third kappa shape index (κ3) is 1.83. The molecule has 1 aliphatic heterocycles. The van der Waals surface area contributed by atoms with Gasteiger partial charge in [0.15, 0.2) is 0 Å². The van der Waals surface area contributed by atoms with Gasteiger partial charge in [-0.3, -0.25) is 0 Å². The molecule has 0 aromatic heterocycles. The highest BCUT2D eigenvalue weighted by Gasteiger charge is 2.17. The first kappa shape index (κ1) is 10.1. The van der Waals surface area contributed by atoms with Crippen molar-refractivity contribution >= 4 is 11.3 Å². The summed E-state index contributed by atoms with van der Waals surface area (Å²) in [6.07, 6.45) is 1.16.